The maximum atomic E-state index is 12.2. The average molecular weight is 539 g/mol. The molecule has 208 valence electrons. The van der Waals surface area contributed by atoms with Gasteiger partial charge in [-0.3, -0.25) is 0 Å². The van der Waals surface area contributed by atoms with Crippen LogP contribution in [-0.2, 0) is 32.2 Å². The van der Waals surface area contributed by atoms with E-state index in [0.29, 0.717) is 13.2 Å². The zero-order valence-corrected chi connectivity index (χ0v) is 23.3. The summed E-state index contributed by atoms with van der Waals surface area (Å²) in [6, 6.07) is 37.1. The lowest BCUT2D eigenvalue weighted by Gasteiger charge is -2.18. The van der Waals surface area contributed by atoms with Crippen molar-refractivity contribution in [3.63, 3.8) is 0 Å². The minimum absolute atomic E-state index is 0.142. The summed E-state index contributed by atoms with van der Waals surface area (Å²) in [5.74, 6) is 0. The Labute approximate surface area is 237 Å². The highest BCUT2D eigenvalue weighted by Crippen LogP contribution is 2.21. The van der Waals surface area contributed by atoms with Crippen molar-refractivity contribution < 1.29 is 23.7 Å². The normalized spacial score (nSPS) is 12.4. The molecule has 4 rings (SSSR count). The standard InChI is InChI=1S/C35H38O5/c1-3-33(37-23-27-15-19-31(20-16-27)29-11-7-5-8-12-29)25-39-35(36)40-26-34(4-2)38-24-28-17-21-32(22-18-28)30-13-9-6-10-14-30/h5-22,33-34H,3-4,23-26H2,1-2H3. The SMILES string of the molecule is CCC(COC(=O)OCC(CC)OCc1ccc(-c2ccccc2)cc1)OCc1ccc(-c2ccccc2)cc1. The third kappa shape index (κ3) is 9.08. The molecular weight excluding hydrogens is 500 g/mol. The molecular formula is C35H38O5. The van der Waals surface area contributed by atoms with E-state index in [1.54, 1.807) is 0 Å². The Morgan fingerprint density at radius 1 is 0.525 bits per heavy atom. The number of carbonyl (C=O) groups is 1. The van der Waals surface area contributed by atoms with Gasteiger partial charge in [0.2, 0.25) is 0 Å². The molecule has 2 atom stereocenters. The Hall–Kier alpha value is -3.93. The van der Waals surface area contributed by atoms with Crippen LogP contribution in [0.5, 0.6) is 0 Å². The minimum Gasteiger partial charge on any atom is -0.432 e. The van der Waals surface area contributed by atoms with Crippen LogP contribution in [0.2, 0.25) is 0 Å². The van der Waals surface area contributed by atoms with Crippen LogP contribution >= 0.6 is 0 Å². The van der Waals surface area contributed by atoms with E-state index in [9.17, 15) is 4.79 Å². The van der Waals surface area contributed by atoms with Gasteiger partial charge in [0.05, 0.1) is 25.4 Å². The van der Waals surface area contributed by atoms with Crippen molar-refractivity contribution in [2.75, 3.05) is 13.2 Å². The molecule has 0 aromatic heterocycles. The summed E-state index contributed by atoms with van der Waals surface area (Å²) >= 11 is 0. The molecule has 5 nitrogen and oxygen atoms in total. The predicted molar refractivity (Wildman–Crippen MR) is 159 cm³/mol. The zero-order valence-electron chi connectivity index (χ0n) is 23.3. The third-order valence-corrected chi connectivity index (χ3v) is 6.78. The molecule has 0 heterocycles. The Bertz CT molecular complexity index is 1170. The van der Waals surface area contributed by atoms with Gasteiger partial charge in [-0.2, -0.15) is 0 Å². The predicted octanol–water partition coefficient (Wildman–Crippen LogP) is 8.46. The lowest BCUT2D eigenvalue weighted by Crippen LogP contribution is -2.25. The van der Waals surface area contributed by atoms with Gasteiger partial charge >= 0.3 is 6.16 Å². The Morgan fingerprint density at radius 3 is 1.23 bits per heavy atom. The van der Waals surface area contributed by atoms with E-state index in [0.717, 1.165) is 35.1 Å². The van der Waals surface area contributed by atoms with Gasteiger partial charge in [-0.15, -0.1) is 0 Å². The topological polar surface area (TPSA) is 54.0 Å². The number of carbonyl (C=O) groups excluding carboxylic acids is 1. The lowest BCUT2D eigenvalue weighted by molar-refractivity contribution is -0.0457. The van der Waals surface area contributed by atoms with Gasteiger partial charge in [-0.25, -0.2) is 4.79 Å². The van der Waals surface area contributed by atoms with Crippen LogP contribution in [0, 0.1) is 0 Å². The van der Waals surface area contributed by atoms with E-state index in [1.165, 1.54) is 11.1 Å². The number of ether oxygens (including phenoxy) is 4. The highest BCUT2D eigenvalue weighted by atomic mass is 16.7. The average Bonchev–Trinajstić information content (AvgIpc) is 3.02. The monoisotopic (exact) mass is 538 g/mol. The second kappa shape index (κ2) is 15.6. The number of hydrogen-bond donors (Lipinski definition) is 0. The van der Waals surface area contributed by atoms with Crippen molar-refractivity contribution in [2.45, 2.75) is 52.1 Å². The molecule has 4 aromatic carbocycles. The van der Waals surface area contributed by atoms with E-state index in [1.807, 2.05) is 50.2 Å². The van der Waals surface area contributed by atoms with Crippen molar-refractivity contribution in [2.24, 2.45) is 0 Å². The summed E-state index contributed by atoms with van der Waals surface area (Å²) in [6.45, 7) is 5.19. The molecule has 0 spiro atoms. The maximum Gasteiger partial charge on any atom is 0.508 e. The number of rotatable bonds is 14. The minimum atomic E-state index is -0.705. The van der Waals surface area contributed by atoms with Crippen LogP contribution in [-0.4, -0.2) is 31.6 Å². The Balaban J connectivity index is 1.14. The van der Waals surface area contributed by atoms with E-state index < -0.39 is 6.16 Å². The van der Waals surface area contributed by atoms with Crippen molar-refractivity contribution in [1.82, 2.24) is 0 Å². The van der Waals surface area contributed by atoms with Crippen molar-refractivity contribution >= 4 is 6.16 Å². The Morgan fingerprint density at radius 2 is 0.875 bits per heavy atom. The first kappa shape index (κ1) is 29.1. The van der Waals surface area contributed by atoms with Crippen LogP contribution in [0.15, 0.2) is 109 Å². The van der Waals surface area contributed by atoms with Gasteiger partial charge in [0, 0.05) is 0 Å². The molecule has 0 aliphatic heterocycles. The lowest BCUT2D eigenvalue weighted by atomic mass is 10.0. The molecule has 0 aliphatic carbocycles. The van der Waals surface area contributed by atoms with E-state index in [4.69, 9.17) is 18.9 Å². The zero-order chi connectivity index (χ0) is 28.0. The Kier molecular flexibility index (Phi) is 11.3. The first-order chi connectivity index (χ1) is 19.6. The third-order valence-electron chi connectivity index (χ3n) is 6.78. The largest absolute Gasteiger partial charge is 0.508 e. The molecule has 0 radical (unpaired) electrons. The van der Waals surface area contributed by atoms with Gasteiger partial charge < -0.3 is 18.9 Å². The molecule has 0 N–H and O–H groups in total. The van der Waals surface area contributed by atoms with Crippen LogP contribution in [0.1, 0.15) is 37.8 Å². The van der Waals surface area contributed by atoms with Gasteiger partial charge in [-0.05, 0) is 46.2 Å². The molecule has 0 fully saturated rings. The molecule has 4 aromatic rings. The molecule has 5 heteroatoms. The second-order valence-electron chi connectivity index (χ2n) is 9.68. The molecule has 0 saturated heterocycles. The summed E-state index contributed by atoms with van der Waals surface area (Å²) in [7, 11) is 0. The van der Waals surface area contributed by atoms with Crippen LogP contribution < -0.4 is 0 Å². The van der Waals surface area contributed by atoms with Crippen molar-refractivity contribution in [3.05, 3.63) is 120 Å². The number of hydrogen-bond acceptors (Lipinski definition) is 5. The maximum absolute atomic E-state index is 12.2. The van der Waals surface area contributed by atoms with Crippen molar-refractivity contribution in [1.29, 1.82) is 0 Å². The molecule has 0 aliphatic rings. The van der Waals surface area contributed by atoms with Gasteiger partial charge in [0.15, 0.2) is 0 Å². The van der Waals surface area contributed by atoms with E-state index >= 15 is 0 Å². The summed E-state index contributed by atoms with van der Waals surface area (Å²) in [4.78, 5) is 12.2. The summed E-state index contributed by atoms with van der Waals surface area (Å²) in [5.41, 5.74) is 6.83. The fourth-order valence-electron chi connectivity index (χ4n) is 4.21. The smallest absolute Gasteiger partial charge is 0.432 e. The quantitative estimate of drug-likeness (QED) is 0.151. The van der Waals surface area contributed by atoms with Crippen molar-refractivity contribution in [3.8, 4) is 22.3 Å². The molecule has 0 saturated carbocycles. The highest BCUT2D eigenvalue weighted by molar-refractivity contribution is 5.64. The van der Waals surface area contributed by atoms with E-state index in [-0.39, 0.29) is 25.4 Å². The fraction of sp³-hybridized carbons (Fsp3) is 0.286. The summed E-state index contributed by atoms with van der Waals surface area (Å²) < 4.78 is 22.6. The first-order valence-electron chi connectivity index (χ1n) is 14.0. The number of benzene rings is 4. The van der Waals surface area contributed by atoms with Gasteiger partial charge in [0.25, 0.3) is 0 Å². The molecule has 2 unspecified atom stereocenters. The van der Waals surface area contributed by atoms with E-state index in [2.05, 4.69) is 72.8 Å². The first-order valence-corrected chi connectivity index (χ1v) is 14.0. The van der Waals surface area contributed by atoms with Gasteiger partial charge in [0.1, 0.15) is 13.2 Å². The molecule has 0 amide bonds. The van der Waals surface area contributed by atoms with Gasteiger partial charge in [-0.1, -0.05) is 123 Å². The van der Waals surface area contributed by atoms with Crippen LogP contribution in [0.25, 0.3) is 22.3 Å². The second-order valence-corrected chi connectivity index (χ2v) is 9.68. The fourth-order valence-corrected chi connectivity index (χ4v) is 4.21. The summed E-state index contributed by atoms with van der Waals surface area (Å²) in [5, 5.41) is 0. The summed E-state index contributed by atoms with van der Waals surface area (Å²) in [6.07, 6.45) is 0.318. The molecule has 0 bridgehead atoms. The molecule has 40 heavy (non-hydrogen) atoms. The van der Waals surface area contributed by atoms with Crippen LogP contribution in [0.3, 0.4) is 0 Å². The highest BCUT2D eigenvalue weighted by Gasteiger charge is 2.15. The van der Waals surface area contributed by atoms with Crippen LogP contribution in [0.4, 0.5) is 4.79 Å².